The van der Waals surface area contributed by atoms with Gasteiger partial charge in [0.25, 0.3) is 0 Å². The van der Waals surface area contributed by atoms with Crippen molar-refractivity contribution < 1.29 is 132 Å². The number of aromatic nitrogens is 1. The molecule has 8 saturated heterocycles. The second-order valence-corrected chi connectivity index (χ2v) is 37.8. The third-order valence-electron chi connectivity index (χ3n) is 25.3. The van der Waals surface area contributed by atoms with Crippen molar-refractivity contribution in [2.24, 2.45) is 18.9 Å². The van der Waals surface area contributed by atoms with Crippen LogP contribution in [0.3, 0.4) is 0 Å². The van der Waals surface area contributed by atoms with Gasteiger partial charge in [0.05, 0.1) is 12.2 Å². The number of rotatable bonds is 16. The summed E-state index contributed by atoms with van der Waals surface area (Å²) in [6, 6.07) is -1.73. The summed E-state index contributed by atoms with van der Waals surface area (Å²) in [6.07, 6.45) is -2.72. The van der Waals surface area contributed by atoms with Crippen molar-refractivity contribution in [3.8, 4) is 0 Å². The SMILES string of the molecule is C[C@@H]1C[C@H]2C(=O)O[C@@H](C)[C@H](NC(=O)[C@H](Cc3cc(F)cc(F)c3)NC(=O)Nc3ccc4c(c3)N(C)CC4)C(=O)N3C[C@H](OP(=O)(O)O)C[C@H]3C(=O)N3CCCC[C@H]3C(=O)N[C@@H](C)C(=O)N2C1.C[C@@H]1C[C@H]2C(=O)O[C@@H](C)[C@H](NC(=O)[C@H](Cc3cc(F)cc(F)c3)NC(=O)Nc3ccc4ccn(C)c4c3)C(=O)N3C[C@H](OP(=O)(O)O)C[C@H]3C(=O)N3CCCC[C@H]3C(=O)N[C@@H](C)C(=O)N2C1. The predicted octanol–water partition coefficient (Wildman–Crippen LogP) is 3.14. The molecule has 132 heavy (non-hydrogen) atoms. The van der Waals surface area contributed by atoms with Crippen LogP contribution in [0, 0.1) is 35.1 Å². The van der Waals surface area contributed by atoms with Crippen molar-refractivity contribution in [2.45, 2.75) is 222 Å². The normalized spacial score (nSPS) is 27.5. The molecule has 9 aliphatic heterocycles. The van der Waals surface area contributed by atoms with E-state index < -0.39 is 258 Å². The molecular formula is C86H108F4N16O24P2. The van der Waals surface area contributed by atoms with Crippen LogP contribution in [0.25, 0.3) is 10.9 Å². The average Bonchev–Trinajstić information content (AvgIpc) is 1.62. The number of anilines is 3. The molecule has 5 aromatic rings. The second kappa shape index (κ2) is 40.8. The summed E-state index contributed by atoms with van der Waals surface area (Å²) in [4.78, 5) is 247. The second-order valence-electron chi connectivity index (χ2n) is 35.4. The molecular weight excluding hydrogens is 1780 g/mol. The van der Waals surface area contributed by atoms with Crippen molar-refractivity contribution >= 4 is 127 Å². The minimum absolute atomic E-state index is 0.0524. The highest BCUT2D eigenvalue weighted by molar-refractivity contribution is 7.46. The van der Waals surface area contributed by atoms with Crippen LogP contribution in [0.4, 0.5) is 44.2 Å². The van der Waals surface area contributed by atoms with E-state index in [2.05, 4.69) is 42.5 Å². The van der Waals surface area contributed by atoms with Gasteiger partial charge in [-0.2, -0.15) is 0 Å². The molecule has 0 spiro atoms. The maximum Gasteiger partial charge on any atom is 0.469 e. The number of piperidine rings is 2. The monoisotopic (exact) mass is 1890 g/mol. The number of urea groups is 2. The molecule has 0 aliphatic carbocycles. The number of esters is 2. The Morgan fingerprint density at radius 3 is 1.31 bits per heavy atom. The van der Waals surface area contributed by atoms with Crippen LogP contribution < -0.4 is 47.4 Å². The highest BCUT2D eigenvalue weighted by atomic mass is 31.2. The lowest BCUT2D eigenvalue weighted by Gasteiger charge is -2.39. The molecule has 8 fully saturated rings. The number of likely N-dealkylation sites (N-methyl/N-ethyl adjacent to an activating group) is 1. The van der Waals surface area contributed by atoms with E-state index in [4.69, 9.17) is 18.5 Å². The van der Waals surface area contributed by atoms with Gasteiger partial charge in [-0.15, -0.1) is 0 Å². The zero-order chi connectivity index (χ0) is 95.5. The number of carbonyl (C=O) groups excluding carboxylic acids is 14. The van der Waals surface area contributed by atoms with Gasteiger partial charge in [-0.1, -0.05) is 26.0 Å². The summed E-state index contributed by atoms with van der Waals surface area (Å²) in [7, 11) is -6.74. The lowest BCUT2D eigenvalue weighted by atomic mass is 9.98. The quantitative estimate of drug-likeness (QED) is 0.0383. The lowest BCUT2D eigenvalue weighted by molar-refractivity contribution is -0.163. The van der Waals surface area contributed by atoms with E-state index in [0.29, 0.717) is 49.2 Å². The van der Waals surface area contributed by atoms with Gasteiger partial charge in [-0.3, -0.25) is 57.0 Å². The molecule has 18 atom stereocenters. The van der Waals surface area contributed by atoms with Crippen LogP contribution in [0.5, 0.6) is 0 Å². The van der Waals surface area contributed by atoms with Crippen molar-refractivity contribution in [1.29, 1.82) is 0 Å². The fraction of sp³-hybridized carbons (Fsp3) is 0.535. The van der Waals surface area contributed by atoms with E-state index in [1.165, 1.54) is 47.3 Å². The minimum atomic E-state index is -5.22. The van der Waals surface area contributed by atoms with E-state index in [1.54, 1.807) is 51.2 Å². The molecule has 0 saturated carbocycles. The number of fused-ring (bicyclic) bond motifs is 8. The van der Waals surface area contributed by atoms with Crippen LogP contribution in [0.1, 0.15) is 122 Å². The number of hydrogen-bond donors (Lipinski definition) is 12. The number of carbonyl (C=O) groups is 14. The molecule has 714 valence electrons. The smallest absolute Gasteiger partial charge is 0.458 e. The Morgan fingerprint density at radius 2 is 0.886 bits per heavy atom. The van der Waals surface area contributed by atoms with Gasteiger partial charge in [0, 0.05) is 127 Å². The first-order valence-corrected chi connectivity index (χ1v) is 46.7. The van der Waals surface area contributed by atoms with Crippen molar-refractivity contribution in [2.75, 3.05) is 68.4 Å². The standard InChI is InChI=1S/C43H55F2N8O12P.C43H53F2N8O12P/c2*1-22-13-35-42(59)64-24(3)36(49-37(54)31(16-25-14-27(44)17-28(45)15-25)48-43(60)47-29-9-8-26-10-12-50(4)33(26)18-29)41(58)53-21-30(65-66(61,62)63)19-34(53)40(57)51-11-6-5-7-32(51)38(55)46-23(2)39(56)52(35)20-22/h8-9,14-15,17-18,22-24,30-32,34-36H,5-7,10-13,16,19-21H2,1-4H3,(H,46,55)(H,49,54)(H2,47,48,60)(H2,61,62,63);8-10,12,14-15,17-18,22-24,30-32,34-36H,5-7,11,13,16,19-21H2,1-4H3,(H,46,55)(H,49,54)(H2,47,48,60)(H2,61,62,63)/t2*22-,23+,24+,30-,31+,32+,34+,35+,36+/m11/s1. The Hall–Kier alpha value is -11.7. The van der Waals surface area contributed by atoms with E-state index >= 15 is 9.59 Å². The molecule has 14 rings (SSSR count). The van der Waals surface area contributed by atoms with Gasteiger partial charge in [-0.05, 0) is 174 Å². The zero-order valence-electron chi connectivity index (χ0n) is 73.6. The number of nitrogens with zero attached hydrogens (tertiary/aromatic N) is 8. The number of nitrogens with one attached hydrogen (secondary N) is 8. The Morgan fingerprint density at radius 1 is 0.477 bits per heavy atom. The number of hydrogen-bond acceptors (Lipinski definition) is 21. The van der Waals surface area contributed by atoms with E-state index in [-0.39, 0.29) is 74.8 Å². The fourth-order valence-corrected chi connectivity index (χ4v) is 20.0. The topological polar surface area (TPSA) is 515 Å². The number of phosphoric ester groups is 2. The van der Waals surface area contributed by atoms with Gasteiger partial charge < -0.3 is 110 Å². The molecule has 40 nitrogen and oxygen atoms in total. The summed E-state index contributed by atoms with van der Waals surface area (Å²) >= 11 is 0. The number of cyclic esters (lactones) is 2. The minimum Gasteiger partial charge on any atom is -0.458 e. The molecule has 9 aliphatic rings. The molecule has 10 heterocycles. The molecule has 12 N–H and O–H groups in total. The van der Waals surface area contributed by atoms with Crippen molar-refractivity contribution in [1.82, 2.24) is 65.9 Å². The average molecular weight is 1890 g/mol. The van der Waals surface area contributed by atoms with Crippen LogP contribution in [-0.2, 0) is 111 Å². The number of phosphoric acid groups is 2. The first kappa shape index (κ1) is 97.9. The maximum absolute atomic E-state index is 15.0. The number of ether oxygens (including phenoxy) is 2. The van der Waals surface area contributed by atoms with Gasteiger partial charge in [0.1, 0.15) is 108 Å². The van der Waals surface area contributed by atoms with Crippen LogP contribution >= 0.6 is 15.6 Å². The van der Waals surface area contributed by atoms with E-state index in [0.717, 1.165) is 69.2 Å². The molecule has 0 bridgehead atoms. The van der Waals surface area contributed by atoms with Gasteiger partial charge in [0.15, 0.2) is 0 Å². The lowest BCUT2D eigenvalue weighted by Crippen LogP contribution is -2.63. The van der Waals surface area contributed by atoms with Crippen molar-refractivity contribution in [3.05, 3.63) is 125 Å². The first-order chi connectivity index (χ1) is 62.3. The van der Waals surface area contributed by atoms with Crippen molar-refractivity contribution in [3.63, 3.8) is 0 Å². The van der Waals surface area contributed by atoms with Crippen LogP contribution in [0.15, 0.2) is 85.1 Å². The Labute approximate surface area is 755 Å². The molecule has 4 aromatic carbocycles. The first-order valence-electron chi connectivity index (χ1n) is 43.7. The van der Waals surface area contributed by atoms with Gasteiger partial charge in [0.2, 0.25) is 59.1 Å². The summed E-state index contributed by atoms with van der Waals surface area (Å²) < 4.78 is 106. The Balaban J connectivity index is 0.000000224. The molecule has 14 amide bonds. The summed E-state index contributed by atoms with van der Waals surface area (Å²) in [6.45, 7) is 8.96. The number of aryl methyl sites for hydroxylation is 1. The van der Waals surface area contributed by atoms with Crippen LogP contribution in [0.2, 0.25) is 0 Å². The van der Waals surface area contributed by atoms with Gasteiger partial charge >= 0.3 is 39.6 Å². The summed E-state index contributed by atoms with van der Waals surface area (Å²) in [5, 5.41) is 21.6. The highest BCUT2D eigenvalue weighted by Crippen LogP contribution is 2.44. The molecule has 1 aromatic heterocycles. The maximum atomic E-state index is 15.0. The van der Waals surface area contributed by atoms with Crippen LogP contribution in [-0.4, -0.2) is 286 Å². The highest BCUT2D eigenvalue weighted by Gasteiger charge is 2.54. The third-order valence-corrected chi connectivity index (χ3v) is 26.4. The van der Waals surface area contributed by atoms with E-state index in [1.807, 2.05) is 34.8 Å². The molecule has 46 heteroatoms. The predicted molar refractivity (Wildman–Crippen MR) is 460 cm³/mol. The Kier molecular flexibility index (Phi) is 30.3. The molecule has 0 unspecified atom stereocenters. The van der Waals surface area contributed by atoms with E-state index in [9.17, 15) is 104 Å². The largest absolute Gasteiger partial charge is 0.469 e. The number of halogens is 4. The summed E-state index contributed by atoms with van der Waals surface area (Å²) in [5.41, 5.74) is 3.24. The zero-order valence-corrected chi connectivity index (χ0v) is 75.3. The summed E-state index contributed by atoms with van der Waals surface area (Å²) in [5.74, 6) is -14.7. The fourth-order valence-electron chi connectivity index (χ4n) is 18.9. The third kappa shape index (κ3) is 23.3. The van der Waals surface area contributed by atoms with Gasteiger partial charge in [-0.25, -0.2) is 45.9 Å². The molecule has 0 radical (unpaired) electrons. The number of amides is 14. The Bertz CT molecular complexity index is 5400. The number of benzene rings is 4.